The molecule has 0 spiro atoms. The van der Waals surface area contributed by atoms with Crippen molar-refractivity contribution in [1.29, 1.82) is 5.26 Å². The summed E-state index contributed by atoms with van der Waals surface area (Å²) in [5, 5.41) is 12.0. The summed E-state index contributed by atoms with van der Waals surface area (Å²) in [6.07, 6.45) is -3.22. The molecule has 0 radical (unpaired) electrons. The topological polar surface area (TPSA) is 66.0 Å². The van der Waals surface area contributed by atoms with Gasteiger partial charge in [0.05, 0.1) is 5.56 Å². The molecule has 1 aromatic heterocycles. The first-order valence-corrected chi connectivity index (χ1v) is 8.95. The molecule has 0 bridgehead atoms. The normalized spacial score (nSPS) is 11.8. The molecular formula is C23H17F3N2O2. The molecular weight excluding hydrogens is 393 g/mol. The fraction of sp³-hybridized carbons (Fsp3) is 0.130. The van der Waals surface area contributed by atoms with Gasteiger partial charge in [0.25, 0.3) is 5.91 Å². The number of aryl methyl sites for hydroxylation is 2. The van der Waals surface area contributed by atoms with Gasteiger partial charge in [-0.25, -0.2) is 0 Å². The molecule has 0 aliphatic carbocycles. The summed E-state index contributed by atoms with van der Waals surface area (Å²) in [5.41, 5.74) is 1.86. The van der Waals surface area contributed by atoms with E-state index in [1.54, 1.807) is 12.1 Å². The number of alkyl halides is 3. The standard InChI is InChI=1S/C23H17F3N2O2/c1-14-6-7-19(10-15(14)2)28-22(29)17(13-27)12-20-8-9-21(30-20)16-4-3-5-18(11-16)23(24,25)26/h3-12H,1-2H3,(H,28,29)/b17-12-. The van der Waals surface area contributed by atoms with Crippen LogP contribution in [0.4, 0.5) is 18.9 Å². The van der Waals surface area contributed by atoms with Gasteiger partial charge in [-0.3, -0.25) is 4.79 Å². The Balaban J connectivity index is 1.82. The van der Waals surface area contributed by atoms with Crippen LogP contribution in [0.1, 0.15) is 22.5 Å². The number of halogens is 3. The van der Waals surface area contributed by atoms with Gasteiger partial charge in [-0.05, 0) is 61.4 Å². The molecule has 3 aromatic rings. The molecule has 30 heavy (non-hydrogen) atoms. The minimum Gasteiger partial charge on any atom is -0.457 e. The fourth-order valence-corrected chi connectivity index (χ4v) is 2.74. The van der Waals surface area contributed by atoms with E-state index in [0.29, 0.717) is 5.69 Å². The zero-order chi connectivity index (χ0) is 21.9. The maximum absolute atomic E-state index is 12.9. The van der Waals surface area contributed by atoms with Gasteiger partial charge < -0.3 is 9.73 Å². The maximum Gasteiger partial charge on any atom is 0.416 e. The van der Waals surface area contributed by atoms with E-state index in [0.717, 1.165) is 23.3 Å². The van der Waals surface area contributed by atoms with Crippen molar-refractivity contribution in [2.75, 3.05) is 5.32 Å². The monoisotopic (exact) mass is 410 g/mol. The molecule has 152 valence electrons. The van der Waals surface area contributed by atoms with E-state index < -0.39 is 17.6 Å². The van der Waals surface area contributed by atoms with Crippen LogP contribution in [0, 0.1) is 25.2 Å². The van der Waals surface area contributed by atoms with Crippen molar-refractivity contribution in [3.05, 3.63) is 82.6 Å². The molecule has 0 unspecified atom stereocenters. The molecule has 3 rings (SSSR count). The number of hydrogen-bond acceptors (Lipinski definition) is 3. The Morgan fingerprint density at radius 3 is 2.50 bits per heavy atom. The summed E-state index contributed by atoms with van der Waals surface area (Å²) < 4.78 is 44.2. The van der Waals surface area contributed by atoms with Crippen LogP contribution in [-0.4, -0.2) is 5.91 Å². The third kappa shape index (κ3) is 4.78. The van der Waals surface area contributed by atoms with Crippen LogP contribution < -0.4 is 5.32 Å². The SMILES string of the molecule is Cc1ccc(NC(=O)/C(C#N)=C\c2ccc(-c3cccc(C(F)(F)F)c3)o2)cc1C. The van der Waals surface area contributed by atoms with E-state index in [2.05, 4.69) is 5.32 Å². The van der Waals surface area contributed by atoms with Crippen LogP contribution in [0.3, 0.4) is 0 Å². The minimum absolute atomic E-state index is 0.175. The number of nitrogens with zero attached hydrogens (tertiary/aromatic N) is 1. The maximum atomic E-state index is 12.9. The lowest BCUT2D eigenvalue weighted by Crippen LogP contribution is -2.13. The highest BCUT2D eigenvalue weighted by Crippen LogP contribution is 2.32. The Labute approximate surface area is 171 Å². The van der Waals surface area contributed by atoms with Gasteiger partial charge in [0.15, 0.2) is 0 Å². The number of anilines is 1. The van der Waals surface area contributed by atoms with Crippen molar-refractivity contribution >= 4 is 17.7 Å². The Bertz CT molecular complexity index is 1170. The average Bonchev–Trinajstić information content (AvgIpc) is 3.17. The molecule has 0 aliphatic rings. The van der Waals surface area contributed by atoms with Crippen molar-refractivity contribution in [3.63, 3.8) is 0 Å². The zero-order valence-corrected chi connectivity index (χ0v) is 16.2. The Kier molecular flexibility index (Phi) is 5.79. The molecule has 0 saturated heterocycles. The van der Waals surface area contributed by atoms with Gasteiger partial charge in [0.2, 0.25) is 0 Å². The smallest absolute Gasteiger partial charge is 0.416 e. The van der Waals surface area contributed by atoms with Crippen molar-refractivity contribution in [1.82, 2.24) is 0 Å². The minimum atomic E-state index is -4.47. The summed E-state index contributed by atoms with van der Waals surface area (Å²) in [5.74, 6) is -0.244. The summed E-state index contributed by atoms with van der Waals surface area (Å²) in [6, 6.07) is 14.9. The third-order valence-corrected chi connectivity index (χ3v) is 4.52. The van der Waals surface area contributed by atoms with Crippen molar-refractivity contribution in [2.24, 2.45) is 0 Å². The Hall–Kier alpha value is -3.79. The molecule has 7 heteroatoms. The second-order valence-corrected chi connectivity index (χ2v) is 6.70. The van der Waals surface area contributed by atoms with Crippen molar-refractivity contribution < 1.29 is 22.4 Å². The summed E-state index contributed by atoms with van der Waals surface area (Å²) in [4.78, 5) is 12.4. The van der Waals surface area contributed by atoms with Gasteiger partial charge >= 0.3 is 6.18 Å². The van der Waals surface area contributed by atoms with E-state index in [-0.39, 0.29) is 22.7 Å². The molecule has 0 atom stereocenters. The van der Waals surface area contributed by atoms with Crippen LogP contribution in [0.25, 0.3) is 17.4 Å². The van der Waals surface area contributed by atoms with Crippen molar-refractivity contribution in [3.8, 4) is 17.4 Å². The van der Waals surface area contributed by atoms with Crippen LogP contribution in [0.5, 0.6) is 0 Å². The number of carbonyl (C=O) groups excluding carboxylic acids is 1. The predicted molar refractivity (Wildman–Crippen MR) is 107 cm³/mol. The Morgan fingerprint density at radius 2 is 1.83 bits per heavy atom. The number of nitrogens with one attached hydrogen (secondary N) is 1. The van der Waals surface area contributed by atoms with Gasteiger partial charge in [-0.15, -0.1) is 0 Å². The summed E-state index contributed by atoms with van der Waals surface area (Å²) in [6.45, 7) is 3.85. The first kappa shape index (κ1) is 20.9. The fourth-order valence-electron chi connectivity index (χ4n) is 2.74. The molecule has 0 saturated carbocycles. The van der Waals surface area contributed by atoms with Gasteiger partial charge in [0.1, 0.15) is 23.2 Å². The van der Waals surface area contributed by atoms with E-state index in [1.807, 2.05) is 26.0 Å². The van der Waals surface area contributed by atoms with E-state index in [9.17, 15) is 23.2 Å². The predicted octanol–water partition coefficient (Wildman–Crippen LogP) is 6.13. The largest absolute Gasteiger partial charge is 0.457 e. The van der Waals surface area contributed by atoms with Crippen molar-refractivity contribution in [2.45, 2.75) is 20.0 Å². The van der Waals surface area contributed by atoms with Gasteiger partial charge in [-0.2, -0.15) is 18.4 Å². The first-order chi connectivity index (χ1) is 14.2. The lowest BCUT2D eigenvalue weighted by molar-refractivity contribution is -0.137. The lowest BCUT2D eigenvalue weighted by atomic mass is 10.1. The first-order valence-electron chi connectivity index (χ1n) is 8.95. The highest BCUT2D eigenvalue weighted by molar-refractivity contribution is 6.09. The molecule has 0 aliphatic heterocycles. The molecule has 1 amide bonds. The number of carbonyl (C=O) groups is 1. The average molecular weight is 410 g/mol. The van der Waals surface area contributed by atoms with Crippen LogP contribution in [0.2, 0.25) is 0 Å². The van der Waals surface area contributed by atoms with E-state index in [4.69, 9.17) is 4.42 Å². The van der Waals surface area contributed by atoms with E-state index >= 15 is 0 Å². The van der Waals surface area contributed by atoms with Crippen LogP contribution in [-0.2, 0) is 11.0 Å². The van der Waals surface area contributed by atoms with Gasteiger partial charge in [0, 0.05) is 17.3 Å². The highest BCUT2D eigenvalue weighted by atomic mass is 19.4. The lowest BCUT2D eigenvalue weighted by Gasteiger charge is -2.07. The Morgan fingerprint density at radius 1 is 1.07 bits per heavy atom. The number of benzene rings is 2. The number of furan rings is 1. The number of amides is 1. The quantitative estimate of drug-likeness (QED) is 0.416. The molecule has 1 N–H and O–H groups in total. The molecule has 4 nitrogen and oxygen atoms in total. The summed E-state index contributed by atoms with van der Waals surface area (Å²) >= 11 is 0. The molecule has 0 fully saturated rings. The summed E-state index contributed by atoms with van der Waals surface area (Å²) in [7, 11) is 0. The second kappa shape index (κ2) is 8.29. The van der Waals surface area contributed by atoms with Crippen LogP contribution >= 0.6 is 0 Å². The zero-order valence-electron chi connectivity index (χ0n) is 16.2. The van der Waals surface area contributed by atoms with Crippen LogP contribution in [0.15, 0.2) is 64.6 Å². The number of rotatable bonds is 4. The third-order valence-electron chi connectivity index (χ3n) is 4.52. The van der Waals surface area contributed by atoms with E-state index in [1.165, 1.54) is 30.3 Å². The number of hydrogen-bond donors (Lipinski definition) is 1. The van der Waals surface area contributed by atoms with Gasteiger partial charge in [-0.1, -0.05) is 18.2 Å². The molecule has 2 aromatic carbocycles. The molecule has 1 heterocycles. The highest BCUT2D eigenvalue weighted by Gasteiger charge is 2.30. The number of nitriles is 1. The second-order valence-electron chi connectivity index (χ2n) is 6.70.